The molecule has 2 heterocycles. The van der Waals surface area contributed by atoms with Gasteiger partial charge in [-0.3, -0.25) is 9.59 Å². The predicted octanol–water partition coefficient (Wildman–Crippen LogP) is 5.22. The zero-order chi connectivity index (χ0) is 30.9. The second kappa shape index (κ2) is 14.3. The number of hydrogen-bond donors (Lipinski definition) is 2. The summed E-state index contributed by atoms with van der Waals surface area (Å²) in [5.74, 6) is -0.379. The highest BCUT2D eigenvalue weighted by Gasteiger charge is 2.32. The van der Waals surface area contributed by atoms with Gasteiger partial charge in [-0.25, -0.2) is 9.48 Å². The van der Waals surface area contributed by atoms with Gasteiger partial charge in [-0.2, -0.15) is 5.10 Å². The number of ether oxygens (including phenoxy) is 1. The van der Waals surface area contributed by atoms with E-state index in [1.165, 1.54) is 17.2 Å². The standard InChI is InChI=1S/C28H26N4O4.C7H9N/c1-19(33)32-26-13-12-22-14-25(30-28(35)36-18-21-10-6-3-7-11-21)27(34)31(16-20-8-4-2-5-9-20)17-24(22)23(26)15-29-32;8-6-7-4-2-1-3-5-7/h2-13,15,25H,14,16-18H2,1H3,(H,30,35);1-5H,6,8H2/t25-;/m1./s1. The molecule has 3 N–H and O–H groups in total. The van der Waals surface area contributed by atoms with Gasteiger partial charge >= 0.3 is 6.09 Å². The van der Waals surface area contributed by atoms with E-state index in [9.17, 15) is 14.4 Å². The maximum Gasteiger partial charge on any atom is 0.408 e. The van der Waals surface area contributed by atoms with Crippen LogP contribution in [0.5, 0.6) is 0 Å². The number of alkyl carbamates (subject to hydrolysis) is 1. The van der Waals surface area contributed by atoms with Crippen LogP contribution in [0.25, 0.3) is 10.9 Å². The summed E-state index contributed by atoms with van der Waals surface area (Å²) < 4.78 is 6.75. The van der Waals surface area contributed by atoms with Crippen LogP contribution in [-0.4, -0.2) is 38.6 Å². The van der Waals surface area contributed by atoms with Gasteiger partial charge in [0.2, 0.25) is 11.8 Å². The third-order valence-corrected chi connectivity index (χ3v) is 7.44. The van der Waals surface area contributed by atoms with Crippen molar-refractivity contribution in [2.45, 2.75) is 45.6 Å². The Morgan fingerprint density at radius 3 is 2.09 bits per heavy atom. The van der Waals surface area contributed by atoms with Gasteiger partial charge in [-0.15, -0.1) is 0 Å². The molecule has 6 rings (SSSR count). The van der Waals surface area contributed by atoms with E-state index in [1.807, 2.05) is 103 Å². The normalized spacial score (nSPS) is 14.2. The summed E-state index contributed by atoms with van der Waals surface area (Å²) in [6.45, 7) is 2.93. The Morgan fingerprint density at radius 1 is 0.886 bits per heavy atom. The van der Waals surface area contributed by atoms with Crippen LogP contribution in [-0.2, 0) is 42.2 Å². The van der Waals surface area contributed by atoms with Crippen LogP contribution in [0.15, 0.2) is 109 Å². The molecule has 1 aromatic heterocycles. The third kappa shape index (κ3) is 7.37. The Labute approximate surface area is 256 Å². The van der Waals surface area contributed by atoms with Gasteiger partial charge in [0.15, 0.2) is 0 Å². The average molecular weight is 590 g/mol. The minimum absolute atomic E-state index is 0.114. The molecule has 1 atom stereocenters. The smallest absolute Gasteiger partial charge is 0.408 e. The Hall–Kier alpha value is -5.28. The van der Waals surface area contributed by atoms with Crippen LogP contribution in [0, 0.1) is 0 Å². The SMILES string of the molecule is CC(=O)n1ncc2c3c(ccc21)C[C@@H](NC(=O)OCc1ccccc1)C(=O)N(Cc1ccccc1)C3.NCc1ccccc1. The van der Waals surface area contributed by atoms with Crippen molar-refractivity contribution in [1.82, 2.24) is 20.0 Å². The second-order valence-electron chi connectivity index (χ2n) is 10.5. The largest absolute Gasteiger partial charge is 0.445 e. The fraction of sp³-hybridized carbons (Fsp3) is 0.200. The molecular formula is C35H35N5O4. The molecule has 0 spiro atoms. The van der Waals surface area contributed by atoms with Crippen LogP contribution in [0.4, 0.5) is 4.79 Å². The minimum atomic E-state index is -0.793. The van der Waals surface area contributed by atoms with E-state index in [2.05, 4.69) is 10.4 Å². The quantitative estimate of drug-likeness (QED) is 0.280. The van der Waals surface area contributed by atoms with E-state index in [4.69, 9.17) is 10.5 Å². The summed E-state index contributed by atoms with van der Waals surface area (Å²) in [5, 5.41) is 7.86. The van der Waals surface area contributed by atoms with Crippen LogP contribution >= 0.6 is 0 Å². The minimum Gasteiger partial charge on any atom is -0.445 e. The van der Waals surface area contributed by atoms with Crippen LogP contribution in [0.3, 0.4) is 0 Å². The Bertz CT molecular complexity index is 1720. The van der Waals surface area contributed by atoms with Crippen LogP contribution in [0.2, 0.25) is 0 Å². The molecule has 0 unspecified atom stereocenters. The number of fused-ring (bicyclic) bond motifs is 3. The molecular weight excluding hydrogens is 554 g/mol. The Kier molecular flexibility index (Phi) is 9.78. The summed E-state index contributed by atoms with van der Waals surface area (Å²) in [4.78, 5) is 40.1. The van der Waals surface area contributed by atoms with Crippen LogP contribution in [0.1, 0.15) is 39.5 Å². The lowest BCUT2D eigenvalue weighted by atomic mass is 9.99. The first kappa shape index (κ1) is 30.2. The highest BCUT2D eigenvalue weighted by Crippen LogP contribution is 2.29. The fourth-order valence-electron chi connectivity index (χ4n) is 5.20. The summed E-state index contributed by atoms with van der Waals surface area (Å²) >= 11 is 0. The number of benzene rings is 4. The first-order chi connectivity index (χ1) is 21.4. The number of nitrogens with two attached hydrogens (primary N) is 1. The Balaban J connectivity index is 0.000000418. The van der Waals surface area contributed by atoms with Crippen molar-refractivity contribution in [3.8, 4) is 0 Å². The van der Waals surface area contributed by atoms with E-state index >= 15 is 0 Å². The molecule has 0 saturated heterocycles. The van der Waals surface area contributed by atoms with Gasteiger partial charge in [0, 0.05) is 38.4 Å². The first-order valence-corrected chi connectivity index (χ1v) is 14.5. The molecule has 2 amide bonds. The van der Waals surface area contributed by atoms with Gasteiger partial charge in [0.1, 0.15) is 12.6 Å². The zero-order valence-corrected chi connectivity index (χ0v) is 24.6. The molecule has 9 heteroatoms. The van der Waals surface area contributed by atoms with Crippen LogP contribution < -0.4 is 11.1 Å². The monoisotopic (exact) mass is 589 g/mol. The predicted molar refractivity (Wildman–Crippen MR) is 168 cm³/mol. The van der Waals surface area contributed by atoms with Crippen molar-refractivity contribution >= 4 is 28.8 Å². The number of aromatic nitrogens is 2. The van der Waals surface area contributed by atoms with E-state index < -0.39 is 12.1 Å². The van der Waals surface area contributed by atoms with Crippen molar-refractivity contribution < 1.29 is 19.1 Å². The van der Waals surface area contributed by atoms with E-state index in [0.717, 1.165) is 27.6 Å². The molecule has 224 valence electrons. The average Bonchev–Trinajstić information content (AvgIpc) is 3.45. The molecule has 0 radical (unpaired) electrons. The number of nitrogens with zero attached hydrogens (tertiary/aromatic N) is 3. The lowest BCUT2D eigenvalue weighted by Gasteiger charge is -2.25. The van der Waals surface area contributed by atoms with Gasteiger partial charge < -0.3 is 20.7 Å². The molecule has 0 aliphatic carbocycles. The Morgan fingerprint density at radius 2 is 1.50 bits per heavy atom. The van der Waals surface area contributed by atoms with Gasteiger partial charge in [0.25, 0.3) is 0 Å². The number of carbonyl (C=O) groups is 3. The van der Waals surface area contributed by atoms with Crippen molar-refractivity contribution in [3.63, 3.8) is 0 Å². The van der Waals surface area contributed by atoms with Crippen molar-refractivity contribution in [2.75, 3.05) is 0 Å². The number of hydrogen-bond acceptors (Lipinski definition) is 6. The summed E-state index contributed by atoms with van der Waals surface area (Å²) in [6.07, 6.45) is 1.33. The maximum absolute atomic E-state index is 13.7. The van der Waals surface area contributed by atoms with Gasteiger partial charge in [-0.05, 0) is 33.9 Å². The molecule has 1 aliphatic heterocycles. The van der Waals surface area contributed by atoms with Crippen molar-refractivity contribution in [2.24, 2.45) is 5.73 Å². The zero-order valence-electron chi connectivity index (χ0n) is 24.6. The molecule has 9 nitrogen and oxygen atoms in total. The summed E-state index contributed by atoms with van der Waals surface area (Å²) in [6, 6.07) is 32.0. The summed E-state index contributed by atoms with van der Waals surface area (Å²) in [7, 11) is 0. The number of amides is 2. The number of rotatable bonds is 6. The molecule has 1 aliphatic rings. The van der Waals surface area contributed by atoms with E-state index in [-0.39, 0.29) is 18.4 Å². The molecule has 0 saturated carbocycles. The third-order valence-electron chi connectivity index (χ3n) is 7.44. The maximum atomic E-state index is 13.7. The fourth-order valence-corrected chi connectivity index (χ4v) is 5.20. The summed E-state index contributed by atoms with van der Waals surface area (Å²) in [5.41, 5.74) is 10.9. The second-order valence-corrected chi connectivity index (χ2v) is 10.5. The highest BCUT2D eigenvalue weighted by atomic mass is 16.5. The molecule has 4 aromatic carbocycles. The first-order valence-electron chi connectivity index (χ1n) is 14.5. The van der Waals surface area contributed by atoms with Gasteiger partial charge in [-0.1, -0.05) is 97.1 Å². The number of nitrogens with one attached hydrogen (secondary N) is 1. The molecule has 0 fully saturated rings. The number of carbonyl (C=O) groups excluding carboxylic acids is 3. The lowest BCUT2D eigenvalue weighted by molar-refractivity contribution is -0.134. The van der Waals surface area contributed by atoms with E-state index in [0.29, 0.717) is 31.6 Å². The molecule has 44 heavy (non-hydrogen) atoms. The van der Waals surface area contributed by atoms with Crippen molar-refractivity contribution in [3.05, 3.63) is 137 Å². The van der Waals surface area contributed by atoms with Crippen molar-refractivity contribution in [1.29, 1.82) is 0 Å². The highest BCUT2D eigenvalue weighted by molar-refractivity contribution is 5.93. The molecule has 0 bridgehead atoms. The lowest BCUT2D eigenvalue weighted by Crippen LogP contribution is -2.48. The topological polar surface area (TPSA) is 120 Å². The van der Waals surface area contributed by atoms with Gasteiger partial charge in [0.05, 0.1) is 11.7 Å². The van der Waals surface area contributed by atoms with E-state index in [1.54, 1.807) is 11.1 Å². The molecule has 5 aromatic rings.